The molecule has 1 fully saturated rings. The van der Waals surface area contributed by atoms with Gasteiger partial charge in [0.05, 0.1) is 48.8 Å². The number of hydrogen-bond donors (Lipinski definition) is 2. The number of fused-ring (bicyclic) bond motifs is 2. The number of benzene rings is 2. The zero-order chi connectivity index (χ0) is 36.8. The normalized spacial score (nSPS) is 15.6. The number of rotatable bonds is 8. The highest BCUT2D eigenvalue weighted by molar-refractivity contribution is 5.99. The summed E-state index contributed by atoms with van der Waals surface area (Å²) in [6.45, 7) is 0.528. The summed E-state index contributed by atoms with van der Waals surface area (Å²) in [6, 6.07) is 6.01. The van der Waals surface area contributed by atoms with Crippen LogP contribution in [0.1, 0.15) is 21.5 Å². The molecule has 0 spiro atoms. The summed E-state index contributed by atoms with van der Waals surface area (Å²) in [4.78, 5) is 62.3. The van der Waals surface area contributed by atoms with Crippen molar-refractivity contribution in [1.82, 2.24) is 24.4 Å². The molecule has 13 nitrogen and oxygen atoms in total. The first-order valence-corrected chi connectivity index (χ1v) is 15.5. The average Bonchev–Trinajstić information content (AvgIpc) is 3.10. The maximum absolute atomic E-state index is 15.4. The van der Waals surface area contributed by atoms with Gasteiger partial charge in [0.2, 0.25) is 0 Å². The van der Waals surface area contributed by atoms with Gasteiger partial charge in [0.25, 0.3) is 11.5 Å². The zero-order valence-electron chi connectivity index (χ0n) is 27.3. The van der Waals surface area contributed by atoms with Crippen LogP contribution in [0.3, 0.4) is 0 Å². The zero-order valence-corrected chi connectivity index (χ0v) is 27.3. The Morgan fingerprint density at radius 1 is 1.14 bits per heavy atom. The molecule has 0 unspecified atom stereocenters. The van der Waals surface area contributed by atoms with E-state index in [1.165, 1.54) is 62.3 Å². The van der Waals surface area contributed by atoms with E-state index in [-0.39, 0.29) is 53.1 Å². The molecule has 6 rings (SSSR count). The van der Waals surface area contributed by atoms with Gasteiger partial charge in [-0.05, 0) is 42.3 Å². The van der Waals surface area contributed by atoms with E-state index in [1.807, 2.05) is 0 Å². The lowest BCUT2D eigenvalue weighted by Gasteiger charge is -2.38. The number of hydrogen-bond acceptors (Lipinski definition) is 9. The van der Waals surface area contributed by atoms with Crippen LogP contribution < -0.4 is 26.2 Å². The highest BCUT2D eigenvalue weighted by Crippen LogP contribution is 2.33. The predicted octanol–water partition coefficient (Wildman–Crippen LogP) is 3.28. The molecule has 5 aromatic rings. The van der Waals surface area contributed by atoms with Crippen molar-refractivity contribution >= 4 is 39.5 Å². The molecule has 0 saturated carbocycles. The number of nitrogens with one attached hydrogen (secondary N) is 1. The minimum atomic E-state index is -4.65. The second kappa shape index (κ2) is 13.5. The molecule has 2 N–H and O–H groups in total. The quantitative estimate of drug-likeness (QED) is 0.229. The largest absolute Gasteiger partial charge is 0.495 e. The van der Waals surface area contributed by atoms with Gasteiger partial charge in [-0.2, -0.15) is 13.2 Å². The number of carboxylic acids is 1. The number of carbonyl (C=O) groups excluding carboxylic acids is 1. The predicted molar refractivity (Wildman–Crippen MR) is 176 cm³/mol. The standard InChI is InChI=1S/C34H30F4N6O7/c1-17-11-19(43-9-10-51-16-26(43)34(36,37)38)13-22(35)27(17)30(45)41-23(32(47)48)12-18-6-7-24(28-21(18)5-4-8-39-28)44-31(46)29-25(42(2)33(44)49)14-20(50-3)15-40-29/h4-8,11,13-15,23,26H,9-10,12,16H2,1-3H3,(H,41,45)(H,47,48)/t23-,26+/m0/s1. The minimum absolute atomic E-state index is 0.00611. The molecule has 1 aliphatic heterocycles. The Hall–Kier alpha value is -5.84. The SMILES string of the molecule is COc1cnc2c(=O)n(-c3ccc(C[C@H](NC(=O)c4c(C)cc(N5CCOC[C@@H]5C(F)(F)F)cc4F)C(=O)O)c4cccnc34)c(=O)n(C)c2c1. The summed E-state index contributed by atoms with van der Waals surface area (Å²) < 4.78 is 68.7. The average molecular weight is 711 g/mol. The molecule has 2 aromatic carbocycles. The number of anilines is 1. The van der Waals surface area contributed by atoms with E-state index in [0.717, 1.165) is 15.5 Å². The van der Waals surface area contributed by atoms with Crippen LogP contribution in [0.4, 0.5) is 23.2 Å². The molecular formula is C34H30F4N6O7. The lowest BCUT2D eigenvalue weighted by atomic mass is 9.99. The number of halogens is 4. The smallest absolute Gasteiger partial charge is 0.411 e. The molecule has 4 heterocycles. The van der Waals surface area contributed by atoms with Gasteiger partial charge in [-0.15, -0.1) is 0 Å². The first kappa shape index (κ1) is 35.0. The van der Waals surface area contributed by atoms with Crippen molar-refractivity contribution in [3.05, 3.63) is 98.2 Å². The summed E-state index contributed by atoms with van der Waals surface area (Å²) in [6.07, 6.45) is -2.21. The molecule has 0 bridgehead atoms. The third-order valence-electron chi connectivity index (χ3n) is 8.77. The summed E-state index contributed by atoms with van der Waals surface area (Å²) in [5.74, 6) is -3.34. The number of morpholine rings is 1. The second-order valence-corrected chi connectivity index (χ2v) is 11.9. The topological polar surface area (TPSA) is 158 Å². The van der Waals surface area contributed by atoms with Crippen molar-refractivity contribution in [3.63, 3.8) is 0 Å². The van der Waals surface area contributed by atoms with Gasteiger partial charge in [0, 0.05) is 43.4 Å². The summed E-state index contributed by atoms with van der Waals surface area (Å²) in [7, 11) is 2.88. The Morgan fingerprint density at radius 2 is 1.90 bits per heavy atom. The maximum atomic E-state index is 15.4. The molecule has 1 amide bonds. The number of methoxy groups -OCH3 is 1. The van der Waals surface area contributed by atoms with Crippen molar-refractivity contribution in [2.45, 2.75) is 31.6 Å². The van der Waals surface area contributed by atoms with Crippen LogP contribution in [-0.4, -0.2) is 81.2 Å². The maximum Gasteiger partial charge on any atom is 0.411 e. The van der Waals surface area contributed by atoms with Gasteiger partial charge in [-0.25, -0.2) is 23.5 Å². The Morgan fingerprint density at radius 3 is 2.59 bits per heavy atom. The first-order chi connectivity index (χ1) is 24.2. The Bertz CT molecular complexity index is 2300. The summed E-state index contributed by atoms with van der Waals surface area (Å²) in [5, 5.41) is 12.8. The number of alkyl halides is 3. The number of nitrogens with zero attached hydrogens (tertiary/aromatic N) is 5. The van der Waals surface area contributed by atoms with Crippen LogP contribution in [-0.2, 0) is 23.0 Å². The summed E-state index contributed by atoms with van der Waals surface area (Å²) >= 11 is 0. The van der Waals surface area contributed by atoms with Crippen LogP contribution in [0.15, 0.2) is 64.4 Å². The van der Waals surface area contributed by atoms with Crippen molar-refractivity contribution < 1.29 is 41.7 Å². The Labute approximate surface area is 285 Å². The molecule has 1 aliphatic rings. The third-order valence-corrected chi connectivity index (χ3v) is 8.77. The van der Waals surface area contributed by atoms with Crippen molar-refractivity contribution in [3.8, 4) is 11.4 Å². The van der Waals surface area contributed by atoms with Crippen molar-refractivity contribution in [1.29, 1.82) is 0 Å². The van der Waals surface area contributed by atoms with Crippen LogP contribution in [0.5, 0.6) is 5.75 Å². The van der Waals surface area contributed by atoms with E-state index in [1.54, 1.807) is 12.1 Å². The second-order valence-electron chi connectivity index (χ2n) is 11.9. The lowest BCUT2D eigenvalue weighted by Crippen LogP contribution is -2.53. The highest BCUT2D eigenvalue weighted by atomic mass is 19.4. The molecule has 17 heteroatoms. The van der Waals surface area contributed by atoms with Crippen LogP contribution in [0, 0.1) is 12.7 Å². The summed E-state index contributed by atoms with van der Waals surface area (Å²) in [5.41, 5.74) is -1.20. The fourth-order valence-electron chi connectivity index (χ4n) is 6.21. The fourth-order valence-corrected chi connectivity index (χ4v) is 6.21. The van der Waals surface area contributed by atoms with Gasteiger partial charge < -0.3 is 24.8 Å². The number of aromatic nitrogens is 4. The van der Waals surface area contributed by atoms with E-state index >= 15 is 4.39 Å². The lowest BCUT2D eigenvalue weighted by molar-refractivity contribution is -0.167. The van der Waals surface area contributed by atoms with Crippen molar-refractivity contribution in [2.75, 3.05) is 31.8 Å². The number of aryl methyl sites for hydroxylation is 2. The van der Waals surface area contributed by atoms with E-state index < -0.39 is 59.4 Å². The number of carbonyl (C=O) groups is 2. The number of carboxylic acid groups (broad SMARTS) is 1. The van der Waals surface area contributed by atoms with Crippen LogP contribution in [0.2, 0.25) is 0 Å². The third kappa shape index (κ3) is 6.47. The molecule has 51 heavy (non-hydrogen) atoms. The van der Waals surface area contributed by atoms with Gasteiger partial charge in [0.1, 0.15) is 23.7 Å². The van der Waals surface area contributed by atoms with Crippen LogP contribution >= 0.6 is 0 Å². The van der Waals surface area contributed by atoms with E-state index in [2.05, 4.69) is 15.3 Å². The molecule has 0 aliphatic carbocycles. The monoisotopic (exact) mass is 710 g/mol. The van der Waals surface area contributed by atoms with Gasteiger partial charge in [-0.1, -0.05) is 12.1 Å². The van der Waals surface area contributed by atoms with E-state index in [4.69, 9.17) is 9.47 Å². The minimum Gasteiger partial charge on any atom is -0.495 e. The Kier molecular flexibility index (Phi) is 9.24. The molecular weight excluding hydrogens is 680 g/mol. The number of pyridine rings is 2. The molecule has 3 aromatic heterocycles. The number of ether oxygens (including phenoxy) is 2. The molecule has 1 saturated heterocycles. The van der Waals surface area contributed by atoms with Crippen molar-refractivity contribution in [2.24, 2.45) is 7.05 Å². The van der Waals surface area contributed by atoms with Crippen LogP contribution in [0.25, 0.3) is 27.6 Å². The number of amides is 1. The number of aliphatic carboxylic acids is 1. The van der Waals surface area contributed by atoms with Gasteiger partial charge >= 0.3 is 17.8 Å². The Balaban J connectivity index is 1.32. The van der Waals surface area contributed by atoms with Gasteiger partial charge in [-0.3, -0.25) is 19.1 Å². The van der Waals surface area contributed by atoms with Gasteiger partial charge in [0.15, 0.2) is 5.52 Å². The highest BCUT2D eigenvalue weighted by Gasteiger charge is 2.45. The molecule has 2 atom stereocenters. The fraction of sp³-hybridized carbons (Fsp3) is 0.294. The van der Waals surface area contributed by atoms with E-state index in [0.29, 0.717) is 16.7 Å². The van der Waals surface area contributed by atoms with E-state index in [9.17, 15) is 37.5 Å². The molecule has 266 valence electrons. The first-order valence-electron chi connectivity index (χ1n) is 15.5. The molecule has 0 radical (unpaired) electrons.